The molecule has 1 fully saturated rings. The zero-order valence-corrected chi connectivity index (χ0v) is 11.6. The number of rotatable bonds is 5. The van der Waals surface area contributed by atoms with Crippen LogP contribution < -0.4 is 5.32 Å². The fourth-order valence-electron chi connectivity index (χ4n) is 2.82. The summed E-state index contributed by atoms with van der Waals surface area (Å²) in [5, 5.41) is 3.52. The first-order valence-electron chi connectivity index (χ1n) is 7.41. The monoisotopic (exact) mass is 246 g/mol. The van der Waals surface area contributed by atoms with E-state index in [0.717, 1.165) is 13.1 Å². The van der Waals surface area contributed by atoms with Crippen LogP contribution in [0, 0.1) is 0 Å². The summed E-state index contributed by atoms with van der Waals surface area (Å²) in [6, 6.07) is 11.5. The van der Waals surface area contributed by atoms with Crippen molar-refractivity contribution in [2.45, 2.75) is 38.6 Å². The van der Waals surface area contributed by atoms with Crippen LogP contribution in [0.4, 0.5) is 0 Å². The Morgan fingerprint density at radius 3 is 2.33 bits per heavy atom. The maximum atomic E-state index is 3.52. The SMILES string of the molecule is CCNCC(c1ccccc1)N1CCCCCC1. The average molecular weight is 246 g/mol. The molecule has 1 atom stereocenters. The molecule has 1 saturated heterocycles. The van der Waals surface area contributed by atoms with Crippen molar-refractivity contribution in [3.05, 3.63) is 35.9 Å². The number of likely N-dealkylation sites (tertiary alicyclic amines) is 1. The minimum atomic E-state index is 0.546. The minimum absolute atomic E-state index is 0.546. The second kappa shape index (κ2) is 7.55. The fourth-order valence-corrected chi connectivity index (χ4v) is 2.82. The average Bonchev–Trinajstić information content (AvgIpc) is 2.70. The van der Waals surface area contributed by atoms with Gasteiger partial charge in [0, 0.05) is 12.6 Å². The maximum absolute atomic E-state index is 3.52. The van der Waals surface area contributed by atoms with Crippen LogP contribution in [0.1, 0.15) is 44.2 Å². The Morgan fingerprint density at radius 1 is 1.06 bits per heavy atom. The van der Waals surface area contributed by atoms with Crippen molar-refractivity contribution in [2.75, 3.05) is 26.2 Å². The normalized spacial score (nSPS) is 19.4. The first kappa shape index (κ1) is 13.6. The molecule has 0 saturated carbocycles. The van der Waals surface area contributed by atoms with Gasteiger partial charge in [0.2, 0.25) is 0 Å². The molecule has 2 rings (SSSR count). The van der Waals surface area contributed by atoms with E-state index in [9.17, 15) is 0 Å². The van der Waals surface area contributed by atoms with Crippen LogP contribution in [-0.2, 0) is 0 Å². The molecule has 1 N–H and O–H groups in total. The highest BCUT2D eigenvalue weighted by atomic mass is 15.2. The second-order valence-electron chi connectivity index (χ2n) is 5.18. The van der Waals surface area contributed by atoms with Gasteiger partial charge in [-0.05, 0) is 38.0 Å². The molecule has 1 aromatic carbocycles. The van der Waals surface area contributed by atoms with Crippen LogP contribution >= 0.6 is 0 Å². The first-order chi connectivity index (χ1) is 8.92. The van der Waals surface area contributed by atoms with Gasteiger partial charge in [0.05, 0.1) is 0 Å². The number of benzene rings is 1. The Labute approximate surface area is 111 Å². The summed E-state index contributed by atoms with van der Waals surface area (Å²) < 4.78 is 0. The first-order valence-corrected chi connectivity index (χ1v) is 7.41. The van der Waals surface area contributed by atoms with Gasteiger partial charge in [-0.3, -0.25) is 4.90 Å². The molecule has 0 radical (unpaired) electrons. The lowest BCUT2D eigenvalue weighted by atomic mass is 10.0. The highest BCUT2D eigenvalue weighted by Crippen LogP contribution is 2.23. The summed E-state index contributed by atoms with van der Waals surface area (Å²) in [6.07, 6.45) is 5.52. The van der Waals surface area contributed by atoms with Crippen molar-refractivity contribution in [1.82, 2.24) is 10.2 Å². The van der Waals surface area contributed by atoms with E-state index in [4.69, 9.17) is 0 Å². The zero-order chi connectivity index (χ0) is 12.6. The molecule has 100 valence electrons. The molecule has 1 aromatic rings. The van der Waals surface area contributed by atoms with E-state index in [1.54, 1.807) is 0 Å². The van der Waals surface area contributed by atoms with Gasteiger partial charge >= 0.3 is 0 Å². The summed E-state index contributed by atoms with van der Waals surface area (Å²) in [5.41, 5.74) is 1.46. The van der Waals surface area contributed by atoms with E-state index < -0.39 is 0 Å². The van der Waals surface area contributed by atoms with Gasteiger partial charge in [0.15, 0.2) is 0 Å². The fraction of sp³-hybridized carbons (Fsp3) is 0.625. The van der Waals surface area contributed by atoms with Gasteiger partial charge < -0.3 is 5.32 Å². The molecule has 1 heterocycles. The van der Waals surface area contributed by atoms with E-state index in [0.29, 0.717) is 6.04 Å². The molecule has 1 unspecified atom stereocenters. The van der Waals surface area contributed by atoms with E-state index in [1.165, 1.54) is 44.3 Å². The van der Waals surface area contributed by atoms with Crippen molar-refractivity contribution in [1.29, 1.82) is 0 Å². The highest BCUT2D eigenvalue weighted by Gasteiger charge is 2.20. The lowest BCUT2D eigenvalue weighted by Crippen LogP contribution is -2.36. The zero-order valence-electron chi connectivity index (χ0n) is 11.6. The van der Waals surface area contributed by atoms with Gasteiger partial charge in [0.1, 0.15) is 0 Å². The van der Waals surface area contributed by atoms with Gasteiger partial charge in [-0.1, -0.05) is 50.1 Å². The van der Waals surface area contributed by atoms with Crippen LogP contribution in [-0.4, -0.2) is 31.1 Å². The van der Waals surface area contributed by atoms with Crippen molar-refractivity contribution < 1.29 is 0 Å². The highest BCUT2D eigenvalue weighted by molar-refractivity contribution is 5.19. The number of likely N-dealkylation sites (N-methyl/N-ethyl adjacent to an activating group) is 1. The molecule has 0 spiro atoms. The van der Waals surface area contributed by atoms with Gasteiger partial charge in [0.25, 0.3) is 0 Å². The lowest BCUT2D eigenvalue weighted by molar-refractivity contribution is 0.201. The Balaban J connectivity index is 2.08. The third-order valence-electron chi connectivity index (χ3n) is 3.85. The van der Waals surface area contributed by atoms with Crippen LogP contribution in [0.5, 0.6) is 0 Å². The van der Waals surface area contributed by atoms with E-state index in [2.05, 4.69) is 47.5 Å². The molecule has 2 heteroatoms. The molecule has 18 heavy (non-hydrogen) atoms. The van der Waals surface area contributed by atoms with Gasteiger partial charge in [-0.15, -0.1) is 0 Å². The maximum Gasteiger partial charge on any atom is 0.0472 e. The van der Waals surface area contributed by atoms with Crippen molar-refractivity contribution >= 4 is 0 Å². The smallest absolute Gasteiger partial charge is 0.0472 e. The molecule has 2 nitrogen and oxygen atoms in total. The third kappa shape index (κ3) is 3.82. The van der Waals surface area contributed by atoms with Crippen LogP contribution in [0.25, 0.3) is 0 Å². The number of hydrogen-bond acceptors (Lipinski definition) is 2. The second-order valence-corrected chi connectivity index (χ2v) is 5.18. The molecule has 0 aromatic heterocycles. The van der Waals surface area contributed by atoms with Gasteiger partial charge in [-0.2, -0.15) is 0 Å². The largest absolute Gasteiger partial charge is 0.315 e. The van der Waals surface area contributed by atoms with Crippen molar-refractivity contribution in [2.24, 2.45) is 0 Å². The molecular weight excluding hydrogens is 220 g/mol. The van der Waals surface area contributed by atoms with Crippen LogP contribution in [0.2, 0.25) is 0 Å². The Bertz CT molecular complexity index is 315. The van der Waals surface area contributed by atoms with Gasteiger partial charge in [-0.25, -0.2) is 0 Å². The van der Waals surface area contributed by atoms with E-state index in [1.807, 2.05) is 0 Å². The lowest BCUT2D eigenvalue weighted by Gasteiger charge is -2.31. The summed E-state index contributed by atoms with van der Waals surface area (Å²) >= 11 is 0. The predicted molar refractivity (Wildman–Crippen MR) is 77.8 cm³/mol. The Kier molecular flexibility index (Phi) is 5.69. The molecular formula is C16H26N2. The van der Waals surface area contributed by atoms with E-state index >= 15 is 0 Å². The Morgan fingerprint density at radius 2 is 1.72 bits per heavy atom. The van der Waals surface area contributed by atoms with E-state index in [-0.39, 0.29) is 0 Å². The molecule has 0 amide bonds. The topological polar surface area (TPSA) is 15.3 Å². The number of hydrogen-bond donors (Lipinski definition) is 1. The summed E-state index contributed by atoms with van der Waals surface area (Å²) in [5.74, 6) is 0. The molecule has 1 aliphatic heterocycles. The number of nitrogens with zero attached hydrogens (tertiary/aromatic N) is 1. The van der Waals surface area contributed by atoms with Crippen molar-refractivity contribution in [3.63, 3.8) is 0 Å². The Hall–Kier alpha value is -0.860. The molecule has 0 aliphatic carbocycles. The van der Waals surface area contributed by atoms with Crippen LogP contribution in [0.3, 0.4) is 0 Å². The summed E-state index contributed by atoms with van der Waals surface area (Å²) in [7, 11) is 0. The summed E-state index contributed by atoms with van der Waals surface area (Å²) in [6.45, 7) is 6.82. The summed E-state index contributed by atoms with van der Waals surface area (Å²) in [4.78, 5) is 2.67. The predicted octanol–water partition coefficient (Wildman–Crippen LogP) is 3.21. The molecule has 0 bridgehead atoms. The quantitative estimate of drug-likeness (QED) is 0.858. The van der Waals surface area contributed by atoms with Crippen LogP contribution in [0.15, 0.2) is 30.3 Å². The third-order valence-corrected chi connectivity index (χ3v) is 3.85. The standard InChI is InChI=1S/C16H26N2/c1-2-17-14-16(15-10-6-5-7-11-15)18-12-8-3-4-9-13-18/h5-7,10-11,16-17H,2-4,8-9,12-14H2,1H3. The minimum Gasteiger partial charge on any atom is -0.315 e. The van der Waals surface area contributed by atoms with Crippen molar-refractivity contribution in [3.8, 4) is 0 Å². The molecule has 1 aliphatic rings. The number of nitrogens with one attached hydrogen (secondary N) is 1.